The summed E-state index contributed by atoms with van der Waals surface area (Å²) in [4.78, 5) is 10.0. The SMILES string of the molecule is CC(C)(C)c1cc[c]c([N+](=O)[O-])c1. The molecule has 0 saturated heterocycles. The molecule has 0 bridgehead atoms. The molecule has 1 radical (unpaired) electrons. The molecule has 0 aromatic heterocycles. The van der Waals surface area contributed by atoms with Gasteiger partial charge < -0.3 is 0 Å². The lowest BCUT2D eigenvalue weighted by molar-refractivity contribution is -0.385. The van der Waals surface area contributed by atoms with Crippen molar-refractivity contribution in [3.8, 4) is 0 Å². The monoisotopic (exact) mass is 178 g/mol. The van der Waals surface area contributed by atoms with E-state index >= 15 is 0 Å². The quantitative estimate of drug-likeness (QED) is 0.490. The Bertz CT molecular complexity index is 326. The van der Waals surface area contributed by atoms with E-state index in [4.69, 9.17) is 0 Å². The van der Waals surface area contributed by atoms with Crippen molar-refractivity contribution >= 4 is 5.69 Å². The third kappa shape index (κ3) is 2.28. The lowest BCUT2D eigenvalue weighted by Crippen LogP contribution is -2.11. The number of nitro groups is 1. The van der Waals surface area contributed by atoms with Crippen LogP contribution in [0.5, 0.6) is 0 Å². The van der Waals surface area contributed by atoms with E-state index in [2.05, 4.69) is 6.07 Å². The third-order valence-corrected chi connectivity index (χ3v) is 1.85. The smallest absolute Gasteiger partial charge is 0.258 e. The molecule has 0 saturated carbocycles. The van der Waals surface area contributed by atoms with Crippen molar-refractivity contribution in [3.05, 3.63) is 39.9 Å². The molecule has 1 aromatic rings. The number of nitro benzene ring substituents is 1. The summed E-state index contributed by atoms with van der Waals surface area (Å²) in [6.45, 7) is 6.06. The van der Waals surface area contributed by atoms with Gasteiger partial charge in [-0.3, -0.25) is 10.1 Å². The topological polar surface area (TPSA) is 43.1 Å². The molecular formula is C10H12NO2. The fraction of sp³-hybridized carbons (Fsp3) is 0.400. The number of rotatable bonds is 1. The molecule has 0 fully saturated rings. The summed E-state index contributed by atoms with van der Waals surface area (Å²) in [5.74, 6) is 0. The van der Waals surface area contributed by atoms with Crippen molar-refractivity contribution in [2.75, 3.05) is 0 Å². The zero-order chi connectivity index (χ0) is 10.1. The fourth-order valence-corrected chi connectivity index (χ4v) is 1.03. The molecule has 1 aromatic carbocycles. The van der Waals surface area contributed by atoms with Crippen LogP contribution in [0.4, 0.5) is 5.69 Å². The van der Waals surface area contributed by atoms with Crippen LogP contribution >= 0.6 is 0 Å². The first-order valence-corrected chi connectivity index (χ1v) is 4.08. The van der Waals surface area contributed by atoms with E-state index in [9.17, 15) is 10.1 Å². The number of nitrogens with zero attached hydrogens (tertiary/aromatic N) is 1. The van der Waals surface area contributed by atoms with Gasteiger partial charge in [-0.2, -0.15) is 0 Å². The Balaban J connectivity index is 3.13. The molecule has 0 heterocycles. The van der Waals surface area contributed by atoms with Crippen LogP contribution in [0.25, 0.3) is 0 Å². The molecule has 0 N–H and O–H groups in total. The first-order valence-electron chi connectivity index (χ1n) is 4.08. The largest absolute Gasteiger partial charge is 0.277 e. The van der Waals surface area contributed by atoms with Crippen molar-refractivity contribution in [1.29, 1.82) is 0 Å². The molecule has 0 aliphatic rings. The van der Waals surface area contributed by atoms with Gasteiger partial charge in [0.15, 0.2) is 0 Å². The highest BCUT2D eigenvalue weighted by Gasteiger charge is 2.16. The Labute approximate surface area is 77.5 Å². The van der Waals surface area contributed by atoms with Gasteiger partial charge in [-0.05, 0) is 17.0 Å². The Morgan fingerprint density at radius 2 is 2.08 bits per heavy atom. The second-order valence-electron chi connectivity index (χ2n) is 3.97. The zero-order valence-electron chi connectivity index (χ0n) is 8.00. The van der Waals surface area contributed by atoms with Crippen molar-refractivity contribution in [2.24, 2.45) is 0 Å². The van der Waals surface area contributed by atoms with Crippen LogP contribution in [0.15, 0.2) is 18.2 Å². The molecule has 0 atom stereocenters. The summed E-state index contributed by atoms with van der Waals surface area (Å²) >= 11 is 0. The van der Waals surface area contributed by atoms with Gasteiger partial charge in [0.05, 0.1) is 11.0 Å². The van der Waals surface area contributed by atoms with E-state index in [-0.39, 0.29) is 11.1 Å². The van der Waals surface area contributed by atoms with Crippen LogP contribution in [0.3, 0.4) is 0 Å². The van der Waals surface area contributed by atoms with Gasteiger partial charge in [0.2, 0.25) is 0 Å². The molecule has 69 valence electrons. The number of hydrogen-bond donors (Lipinski definition) is 0. The van der Waals surface area contributed by atoms with Gasteiger partial charge in [-0.25, -0.2) is 0 Å². The van der Waals surface area contributed by atoms with Crippen molar-refractivity contribution in [3.63, 3.8) is 0 Å². The zero-order valence-corrected chi connectivity index (χ0v) is 8.00. The van der Waals surface area contributed by atoms with Crippen LogP contribution in [0, 0.1) is 16.2 Å². The summed E-state index contributed by atoms with van der Waals surface area (Å²) < 4.78 is 0. The number of benzene rings is 1. The molecule has 3 nitrogen and oxygen atoms in total. The molecule has 3 heteroatoms. The second kappa shape index (κ2) is 3.17. The van der Waals surface area contributed by atoms with Gasteiger partial charge in [0.25, 0.3) is 5.69 Å². The molecule has 0 aliphatic carbocycles. The number of non-ortho nitro benzene ring substituents is 1. The van der Waals surface area contributed by atoms with Crippen LogP contribution in [0.1, 0.15) is 26.3 Å². The van der Waals surface area contributed by atoms with E-state index < -0.39 is 4.92 Å². The molecule has 0 amide bonds. The predicted molar refractivity (Wildman–Crippen MR) is 50.6 cm³/mol. The normalized spacial score (nSPS) is 11.3. The molecule has 0 aliphatic heterocycles. The highest BCUT2D eigenvalue weighted by Crippen LogP contribution is 2.24. The fourth-order valence-electron chi connectivity index (χ4n) is 1.03. The molecule has 0 spiro atoms. The van der Waals surface area contributed by atoms with E-state index in [1.54, 1.807) is 12.1 Å². The lowest BCUT2D eigenvalue weighted by atomic mass is 9.87. The highest BCUT2D eigenvalue weighted by molar-refractivity contribution is 5.36. The maximum absolute atomic E-state index is 10.5. The summed E-state index contributed by atoms with van der Waals surface area (Å²) in [6.07, 6.45) is 0. The van der Waals surface area contributed by atoms with Crippen LogP contribution < -0.4 is 0 Å². The van der Waals surface area contributed by atoms with Gasteiger partial charge in [0.1, 0.15) is 0 Å². The van der Waals surface area contributed by atoms with E-state index in [0.29, 0.717) is 0 Å². The summed E-state index contributed by atoms with van der Waals surface area (Å²) in [6, 6.07) is 7.60. The first kappa shape index (κ1) is 9.71. The van der Waals surface area contributed by atoms with Crippen LogP contribution in [-0.2, 0) is 5.41 Å². The van der Waals surface area contributed by atoms with Gasteiger partial charge >= 0.3 is 0 Å². The van der Waals surface area contributed by atoms with Crippen LogP contribution in [-0.4, -0.2) is 4.92 Å². The number of hydrogen-bond acceptors (Lipinski definition) is 2. The van der Waals surface area contributed by atoms with Crippen molar-refractivity contribution < 1.29 is 4.92 Å². The van der Waals surface area contributed by atoms with Crippen LogP contribution in [0.2, 0.25) is 0 Å². The average Bonchev–Trinajstić information content (AvgIpc) is 2.03. The maximum atomic E-state index is 10.5. The Hall–Kier alpha value is -1.38. The minimum atomic E-state index is -0.421. The molecule has 1 rings (SSSR count). The maximum Gasteiger partial charge on any atom is 0.277 e. The Morgan fingerprint density at radius 1 is 1.46 bits per heavy atom. The molecule has 13 heavy (non-hydrogen) atoms. The average molecular weight is 178 g/mol. The standard InChI is InChI=1S/C10H12NO2/c1-10(2,3)8-5-4-6-9(7-8)11(12)13/h4-5,7H,1-3H3. The van der Waals surface area contributed by atoms with E-state index in [1.165, 1.54) is 0 Å². The van der Waals surface area contributed by atoms with Crippen molar-refractivity contribution in [2.45, 2.75) is 26.2 Å². The van der Waals surface area contributed by atoms with Gasteiger partial charge in [-0.1, -0.05) is 26.8 Å². The lowest BCUT2D eigenvalue weighted by Gasteiger charge is -2.17. The summed E-state index contributed by atoms with van der Waals surface area (Å²) in [5.41, 5.74) is 0.935. The highest BCUT2D eigenvalue weighted by atomic mass is 16.6. The van der Waals surface area contributed by atoms with Crippen molar-refractivity contribution in [1.82, 2.24) is 0 Å². The second-order valence-corrected chi connectivity index (χ2v) is 3.97. The van der Waals surface area contributed by atoms with Gasteiger partial charge in [0, 0.05) is 6.07 Å². The first-order chi connectivity index (χ1) is 5.91. The minimum Gasteiger partial charge on any atom is -0.258 e. The predicted octanol–water partition coefficient (Wildman–Crippen LogP) is 2.69. The summed E-state index contributed by atoms with van der Waals surface area (Å²) in [5, 5.41) is 10.5. The Kier molecular flexibility index (Phi) is 2.36. The minimum absolute atomic E-state index is 0.0347. The third-order valence-electron chi connectivity index (χ3n) is 1.85. The molecule has 0 unspecified atom stereocenters. The van der Waals surface area contributed by atoms with E-state index in [1.807, 2.05) is 26.8 Å². The van der Waals surface area contributed by atoms with E-state index in [0.717, 1.165) is 5.56 Å². The molecular weight excluding hydrogens is 166 g/mol. The summed E-state index contributed by atoms with van der Waals surface area (Å²) in [7, 11) is 0. The van der Waals surface area contributed by atoms with Gasteiger partial charge in [-0.15, -0.1) is 0 Å². The Morgan fingerprint density at radius 3 is 2.54 bits per heavy atom.